The maximum atomic E-state index is 11.4. The summed E-state index contributed by atoms with van der Waals surface area (Å²) in [5, 5.41) is 0. The molecule has 0 atom stereocenters. The first-order valence-electron chi connectivity index (χ1n) is 4.45. The standard InChI is InChI=1S/C12H12O2/c1-10(13)6-5-9-12(14)11-7-3-2-4-8-11/h2-5,7-9H,6H2,1H3/b9-5+. The van der Waals surface area contributed by atoms with Crippen LogP contribution < -0.4 is 0 Å². The Kier molecular flexibility index (Phi) is 3.80. The summed E-state index contributed by atoms with van der Waals surface area (Å²) in [6.07, 6.45) is 3.35. The number of hydrogen-bond acceptors (Lipinski definition) is 2. The summed E-state index contributed by atoms with van der Waals surface area (Å²) in [7, 11) is 0. The average Bonchev–Trinajstić information content (AvgIpc) is 2.18. The van der Waals surface area contributed by atoms with Gasteiger partial charge < -0.3 is 0 Å². The van der Waals surface area contributed by atoms with Crippen LogP contribution in [0, 0.1) is 0 Å². The predicted molar refractivity (Wildman–Crippen MR) is 55.2 cm³/mol. The Bertz CT molecular complexity index is 350. The third-order valence-corrected chi connectivity index (χ3v) is 1.73. The van der Waals surface area contributed by atoms with Gasteiger partial charge in [0.2, 0.25) is 0 Å². The minimum Gasteiger partial charge on any atom is -0.300 e. The van der Waals surface area contributed by atoms with Crippen LogP contribution in [0.3, 0.4) is 0 Å². The summed E-state index contributed by atoms with van der Waals surface area (Å²) in [5.74, 6) is -0.00559. The number of carbonyl (C=O) groups excluding carboxylic acids is 2. The van der Waals surface area contributed by atoms with Crippen LogP contribution in [0.25, 0.3) is 0 Å². The number of rotatable bonds is 4. The lowest BCUT2D eigenvalue weighted by atomic mass is 10.1. The third-order valence-electron chi connectivity index (χ3n) is 1.73. The van der Waals surface area contributed by atoms with Crippen LogP contribution in [-0.2, 0) is 4.79 Å². The van der Waals surface area contributed by atoms with Crippen LogP contribution in [-0.4, -0.2) is 11.6 Å². The number of carbonyl (C=O) groups is 2. The van der Waals surface area contributed by atoms with E-state index in [-0.39, 0.29) is 11.6 Å². The van der Waals surface area contributed by atoms with Gasteiger partial charge in [0.05, 0.1) is 0 Å². The maximum absolute atomic E-state index is 11.4. The molecule has 0 aromatic heterocycles. The molecule has 0 spiro atoms. The third kappa shape index (κ3) is 3.35. The fourth-order valence-corrected chi connectivity index (χ4v) is 1.03. The first-order valence-corrected chi connectivity index (χ1v) is 4.45. The molecule has 0 saturated heterocycles. The van der Waals surface area contributed by atoms with E-state index in [1.807, 2.05) is 18.2 Å². The van der Waals surface area contributed by atoms with Crippen molar-refractivity contribution in [2.45, 2.75) is 13.3 Å². The van der Waals surface area contributed by atoms with Crippen molar-refractivity contribution in [1.29, 1.82) is 0 Å². The molecule has 1 rings (SSSR count). The smallest absolute Gasteiger partial charge is 0.185 e. The van der Waals surface area contributed by atoms with Gasteiger partial charge in [-0.1, -0.05) is 36.4 Å². The molecule has 2 nitrogen and oxygen atoms in total. The largest absolute Gasteiger partial charge is 0.300 e. The van der Waals surface area contributed by atoms with Crippen molar-refractivity contribution in [1.82, 2.24) is 0 Å². The Hall–Kier alpha value is -1.70. The van der Waals surface area contributed by atoms with E-state index in [0.717, 1.165) is 0 Å². The van der Waals surface area contributed by atoms with Gasteiger partial charge in [0.1, 0.15) is 5.78 Å². The second-order valence-electron chi connectivity index (χ2n) is 3.04. The molecule has 0 saturated carbocycles. The highest BCUT2D eigenvalue weighted by molar-refractivity contribution is 6.04. The van der Waals surface area contributed by atoms with Gasteiger partial charge in [-0.2, -0.15) is 0 Å². The van der Waals surface area contributed by atoms with Crippen molar-refractivity contribution in [3.05, 3.63) is 48.0 Å². The maximum Gasteiger partial charge on any atom is 0.185 e. The SMILES string of the molecule is CC(=O)C/C=C/C(=O)c1ccccc1. The number of hydrogen-bond donors (Lipinski definition) is 0. The van der Waals surface area contributed by atoms with Crippen molar-refractivity contribution >= 4 is 11.6 Å². The highest BCUT2D eigenvalue weighted by Gasteiger charge is 1.98. The van der Waals surface area contributed by atoms with Crippen LogP contribution in [0.15, 0.2) is 42.5 Å². The van der Waals surface area contributed by atoms with E-state index in [2.05, 4.69) is 0 Å². The molecule has 1 aromatic carbocycles. The lowest BCUT2D eigenvalue weighted by molar-refractivity contribution is -0.116. The number of Topliss-reactive ketones (excluding diaryl/α,β-unsaturated/α-hetero) is 1. The zero-order chi connectivity index (χ0) is 10.4. The predicted octanol–water partition coefficient (Wildman–Crippen LogP) is 2.40. The van der Waals surface area contributed by atoms with E-state index >= 15 is 0 Å². The molecular weight excluding hydrogens is 176 g/mol. The highest BCUT2D eigenvalue weighted by Crippen LogP contribution is 2.01. The van der Waals surface area contributed by atoms with Crippen LogP contribution in [0.1, 0.15) is 23.7 Å². The summed E-state index contributed by atoms with van der Waals surface area (Å²) in [6, 6.07) is 8.98. The lowest BCUT2D eigenvalue weighted by Gasteiger charge is -1.92. The quantitative estimate of drug-likeness (QED) is 0.537. The van der Waals surface area contributed by atoms with Crippen molar-refractivity contribution in [3.63, 3.8) is 0 Å². The summed E-state index contributed by atoms with van der Waals surface area (Å²) >= 11 is 0. The summed E-state index contributed by atoms with van der Waals surface area (Å²) < 4.78 is 0. The Morgan fingerprint density at radius 2 is 1.86 bits per heavy atom. The fraction of sp³-hybridized carbons (Fsp3) is 0.167. The topological polar surface area (TPSA) is 34.1 Å². The van der Waals surface area contributed by atoms with Crippen LogP contribution in [0.5, 0.6) is 0 Å². The molecule has 14 heavy (non-hydrogen) atoms. The average molecular weight is 188 g/mol. The number of benzene rings is 1. The molecule has 0 amide bonds. The van der Waals surface area contributed by atoms with E-state index in [9.17, 15) is 9.59 Å². The first-order chi connectivity index (χ1) is 6.70. The van der Waals surface area contributed by atoms with Crippen molar-refractivity contribution in [2.24, 2.45) is 0 Å². The first kappa shape index (κ1) is 10.4. The normalized spacial score (nSPS) is 10.4. The minimum absolute atomic E-state index is 0.0575. The van der Waals surface area contributed by atoms with Crippen molar-refractivity contribution in [2.75, 3.05) is 0 Å². The van der Waals surface area contributed by atoms with E-state index in [1.54, 1.807) is 18.2 Å². The fourth-order valence-electron chi connectivity index (χ4n) is 1.03. The Morgan fingerprint density at radius 1 is 1.21 bits per heavy atom. The molecule has 0 fully saturated rings. The molecule has 2 heteroatoms. The van der Waals surface area contributed by atoms with E-state index in [4.69, 9.17) is 0 Å². The molecule has 0 N–H and O–H groups in total. The molecule has 0 aliphatic carbocycles. The van der Waals surface area contributed by atoms with E-state index in [1.165, 1.54) is 13.0 Å². The van der Waals surface area contributed by atoms with Crippen LogP contribution in [0.2, 0.25) is 0 Å². The molecular formula is C12H12O2. The van der Waals surface area contributed by atoms with Gasteiger partial charge in [0.25, 0.3) is 0 Å². The zero-order valence-electron chi connectivity index (χ0n) is 8.07. The van der Waals surface area contributed by atoms with Crippen molar-refractivity contribution < 1.29 is 9.59 Å². The Labute approximate surface area is 83.3 Å². The molecule has 0 heterocycles. The van der Waals surface area contributed by atoms with E-state index in [0.29, 0.717) is 12.0 Å². The van der Waals surface area contributed by atoms with Gasteiger partial charge >= 0.3 is 0 Å². The van der Waals surface area contributed by atoms with Gasteiger partial charge in [0, 0.05) is 12.0 Å². The summed E-state index contributed by atoms with van der Waals surface area (Å²) in [5.41, 5.74) is 0.646. The van der Waals surface area contributed by atoms with Gasteiger partial charge in [-0.15, -0.1) is 0 Å². The monoisotopic (exact) mass is 188 g/mol. The molecule has 0 unspecified atom stereocenters. The van der Waals surface area contributed by atoms with Crippen molar-refractivity contribution in [3.8, 4) is 0 Å². The summed E-state index contributed by atoms with van der Waals surface area (Å²) in [6.45, 7) is 1.50. The van der Waals surface area contributed by atoms with Gasteiger partial charge in [0.15, 0.2) is 5.78 Å². The number of allylic oxidation sites excluding steroid dienone is 2. The molecule has 0 aliphatic heterocycles. The molecule has 0 radical (unpaired) electrons. The second kappa shape index (κ2) is 5.12. The minimum atomic E-state index is -0.0631. The number of ketones is 2. The molecule has 72 valence electrons. The zero-order valence-corrected chi connectivity index (χ0v) is 8.07. The van der Waals surface area contributed by atoms with Gasteiger partial charge in [-0.25, -0.2) is 0 Å². The molecule has 0 aliphatic rings. The van der Waals surface area contributed by atoms with Crippen LogP contribution >= 0.6 is 0 Å². The van der Waals surface area contributed by atoms with Gasteiger partial charge in [-0.3, -0.25) is 9.59 Å². The van der Waals surface area contributed by atoms with Crippen LogP contribution in [0.4, 0.5) is 0 Å². The lowest BCUT2D eigenvalue weighted by Crippen LogP contribution is -1.93. The summed E-state index contributed by atoms with van der Waals surface area (Å²) in [4.78, 5) is 22.0. The molecule has 0 bridgehead atoms. The second-order valence-corrected chi connectivity index (χ2v) is 3.04. The van der Waals surface area contributed by atoms with E-state index < -0.39 is 0 Å². The Balaban J connectivity index is 2.59. The highest BCUT2D eigenvalue weighted by atomic mass is 16.1. The molecule has 1 aromatic rings. The Morgan fingerprint density at radius 3 is 2.43 bits per heavy atom. The van der Waals surface area contributed by atoms with Gasteiger partial charge in [-0.05, 0) is 13.0 Å².